The predicted molar refractivity (Wildman–Crippen MR) is 137 cm³/mol. The molecule has 1 atom stereocenters. The van der Waals surface area contributed by atoms with Crippen molar-refractivity contribution in [3.8, 4) is 0 Å². The van der Waals surface area contributed by atoms with Crippen molar-refractivity contribution in [2.24, 2.45) is 4.99 Å². The number of amides is 1. The first kappa shape index (κ1) is 25.3. The fraction of sp³-hybridized carbons (Fsp3) is 0.636. The van der Waals surface area contributed by atoms with Crippen molar-refractivity contribution in [3.05, 3.63) is 30.3 Å². The molecule has 2 aliphatic heterocycles. The zero-order valence-electron chi connectivity index (χ0n) is 18.3. The highest BCUT2D eigenvalue weighted by Gasteiger charge is 2.30. The molecular formula is C22H36IN5OS. The number of aliphatic imine (C=N–C) groups is 1. The Kier molecular flexibility index (Phi) is 11.3. The molecule has 0 aromatic heterocycles. The van der Waals surface area contributed by atoms with Gasteiger partial charge >= 0.3 is 0 Å². The minimum atomic E-state index is -0.0166. The Labute approximate surface area is 202 Å². The van der Waals surface area contributed by atoms with E-state index in [1.54, 1.807) is 0 Å². The smallest absolute Gasteiger partial charge is 0.239 e. The van der Waals surface area contributed by atoms with E-state index in [2.05, 4.69) is 53.2 Å². The number of halogens is 1. The molecule has 2 saturated heterocycles. The van der Waals surface area contributed by atoms with Crippen molar-refractivity contribution >= 4 is 47.6 Å². The molecule has 0 spiro atoms. The van der Waals surface area contributed by atoms with E-state index in [0.29, 0.717) is 5.91 Å². The van der Waals surface area contributed by atoms with Crippen molar-refractivity contribution in [2.75, 3.05) is 58.1 Å². The summed E-state index contributed by atoms with van der Waals surface area (Å²) in [5.74, 6) is 2.27. The molecule has 6 nitrogen and oxygen atoms in total. The number of thioether (sulfide) groups is 1. The van der Waals surface area contributed by atoms with E-state index in [1.165, 1.54) is 4.90 Å². The highest BCUT2D eigenvalue weighted by molar-refractivity contribution is 14.0. The standard InChI is InChI=1S/C22H35N5OS.HI/c1-3-23-22(24-11-18-29-20-9-5-4-6-10-20)27-16-14-25(15-17-27)19(2)21(28)26-12-7-8-13-26;/h4-6,9-10,19H,3,7-8,11-18H2,1-2H3,(H,23,24);1H. The Morgan fingerprint density at radius 3 is 2.37 bits per heavy atom. The summed E-state index contributed by atoms with van der Waals surface area (Å²) >= 11 is 1.84. The molecule has 168 valence electrons. The fourth-order valence-corrected chi connectivity index (χ4v) is 4.70. The van der Waals surface area contributed by atoms with E-state index in [1.807, 2.05) is 22.7 Å². The van der Waals surface area contributed by atoms with E-state index >= 15 is 0 Å². The normalized spacial score (nSPS) is 18.8. The lowest BCUT2D eigenvalue weighted by molar-refractivity contribution is -0.135. The van der Waals surface area contributed by atoms with E-state index in [9.17, 15) is 4.79 Å². The van der Waals surface area contributed by atoms with Gasteiger partial charge in [0.15, 0.2) is 5.96 Å². The van der Waals surface area contributed by atoms with Crippen molar-refractivity contribution in [2.45, 2.75) is 37.6 Å². The summed E-state index contributed by atoms with van der Waals surface area (Å²) in [6, 6.07) is 10.5. The third-order valence-electron chi connectivity index (χ3n) is 5.64. The third kappa shape index (κ3) is 7.30. The van der Waals surface area contributed by atoms with Crippen molar-refractivity contribution in [1.82, 2.24) is 20.0 Å². The second kappa shape index (κ2) is 13.4. The Hall–Kier alpha value is -1.00. The first-order valence-electron chi connectivity index (χ1n) is 10.9. The molecule has 0 bridgehead atoms. The number of benzene rings is 1. The van der Waals surface area contributed by atoms with Crippen LogP contribution in [0.25, 0.3) is 0 Å². The van der Waals surface area contributed by atoms with E-state index in [-0.39, 0.29) is 30.0 Å². The number of guanidine groups is 1. The molecule has 0 aliphatic carbocycles. The van der Waals surface area contributed by atoms with Gasteiger partial charge in [0.25, 0.3) is 0 Å². The van der Waals surface area contributed by atoms with E-state index < -0.39 is 0 Å². The van der Waals surface area contributed by atoms with Crippen LogP contribution in [-0.4, -0.2) is 90.7 Å². The lowest BCUT2D eigenvalue weighted by Crippen LogP contribution is -2.57. The number of piperazine rings is 1. The molecule has 1 aromatic rings. The molecule has 0 saturated carbocycles. The van der Waals surface area contributed by atoms with Crippen LogP contribution in [-0.2, 0) is 4.79 Å². The van der Waals surface area contributed by atoms with Crippen molar-refractivity contribution in [3.63, 3.8) is 0 Å². The lowest BCUT2D eigenvalue weighted by atomic mass is 10.2. The SMILES string of the molecule is CCNC(=NCCSc1ccccc1)N1CCN(C(C)C(=O)N2CCCC2)CC1.I. The van der Waals surface area contributed by atoms with Gasteiger partial charge in [-0.1, -0.05) is 18.2 Å². The molecule has 2 fully saturated rings. The maximum atomic E-state index is 12.7. The average Bonchev–Trinajstić information content (AvgIpc) is 3.31. The number of nitrogens with one attached hydrogen (secondary N) is 1. The Morgan fingerprint density at radius 2 is 1.73 bits per heavy atom. The fourth-order valence-electron chi connectivity index (χ4n) is 3.94. The first-order valence-corrected chi connectivity index (χ1v) is 11.9. The first-order chi connectivity index (χ1) is 14.2. The summed E-state index contributed by atoms with van der Waals surface area (Å²) in [4.78, 5) is 25.5. The molecule has 1 amide bonds. The monoisotopic (exact) mass is 545 g/mol. The number of rotatable bonds is 7. The molecule has 2 heterocycles. The molecule has 8 heteroatoms. The highest BCUT2D eigenvalue weighted by Crippen LogP contribution is 2.17. The molecule has 2 aliphatic rings. The zero-order chi connectivity index (χ0) is 20.5. The molecule has 1 unspecified atom stereocenters. The summed E-state index contributed by atoms with van der Waals surface area (Å²) in [6.07, 6.45) is 2.30. The largest absolute Gasteiger partial charge is 0.357 e. The van der Waals surface area contributed by atoms with Crippen molar-refractivity contribution < 1.29 is 4.79 Å². The minimum Gasteiger partial charge on any atom is -0.357 e. The predicted octanol–water partition coefficient (Wildman–Crippen LogP) is 2.99. The Morgan fingerprint density at radius 1 is 1.07 bits per heavy atom. The maximum Gasteiger partial charge on any atom is 0.239 e. The van der Waals surface area contributed by atoms with Crippen molar-refractivity contribution in [1.29, 1.82) is 0 Å². The van der Waals surface area contributed by atoms with Crippen LogP contribution >= 0.6 is 35.7 Å². The van der Waals surface area contributed by atoms with Gasteiger partial charge in [0.1, 0.15) is 0 Å². The summed E-state index contributed by atoms with van der Waals surface area (Å²) < 4.78 is 0. The van der Waals surface area contributed by atoms with Crippen LogP contribution in [0.4, 0.5) is 0 Å². The Balaban J connectivity index is 0.00000320. The van der Waals surface area contributed by atoms with Gasteiger partial charge in [0.2, 0.25) is 5.91 Å². The van der Waals surface area contributed by atoms with Gasteiger partial charge in [-0.05, 0) is 38.8 Å². The number of likely N-dealkylation sites (tertiary alicyclic amines) is 1. The second-order valence-corrected chi connectivity index (χ2v) is 8.80. The maximum absolute atomic E-state index is 12.7. The third-order valence-corrected chi connectivity index (χ3v) is 6.63. The number of carbonyl (C=O) groups excluding carboxylic acids is 1. The molecule has 1 N–H and O–H groups in total. The van der Waals surface area contributed by atoms with Crippen LogP contribution in [0.3, 0.4) is 0 Å². The van der Waals surface area contributed by atoms with Gasteiger partial charge in [-0.15, -0.1) is 35.7 Å². The molecular weight excluding hydrogens is 509 g/mol. The van der Waals surface area contributed by atoms with Gasteiger partial charge < -0.3 is 15.1 Å². The summed E-state index contributed by atoms with van der Waals surface area (Å²) in [6.45, 7) is 11.3. The topological polar surface area (TPSA) is 51.2 Å². The zero-order valence-corrected chi connectivity index (χ0v) is 21.4. The van der Waals surface area contributed by atoms with Gasteiger partial charge in [-0.2, -0.15) is 0 Å². The van der Waals surface area contributed by atoms with Crippen LogP contribution in [0.1, 0.15) is 26.7 Å². The van der Waals surface area contributed by atoms with Gasteiger partial charge in [0, 0.05) is 56.5 Å². The number of hydrogen-bond acceptors (Lipinski definition) is 4. The van der Waals surface area contributed by atoms with Gasteiger partial charge in [0.05, 0.1) is 12.6 Å². The van der Waals surface area contributed by atoms with Crippen LogP contribution in [0.5, 0.6) is 0 Å². The summed E-state index contributed by atoms with van der Waals surface area (Å²) in [5.41, 5.74) is 0. The second-order valence-electron chi connectivity index (χ2n) is 7.63. The van der Waals surface area contributed by atoms with Gasteiger partial charge in [-0.25, -0.2) is 0 Å². The van der Waals surface area contributed by atoms with Crippen LogP contribution in [0.2, 0.25) is 0 Å². The summed E-state index contributed by atoms with van der Waals surface area (Å²) in [7, 11) is 0. The molecule has 1 aromatic carbocycles. The molecule has 30 heavy (non-hydrogen) atoms. The quantitative estimate of drug-likeness (QED) is 0.188. The Bertz CT molecular complexity index is 661. The highest BCUT2D eigenvalue weighted by atomic mass is 127. The van der Waals surface area contributed by atoms with Crippen LogP contribution in [0.15, 0.2) is 40.2 Å². The van der Waals surface area contributed by atoms with Gasteiger partial charge in [-0.3, -0.25) is 14.7 Å². The number of nitrogens with zero attached hydrogens (tertiary/aromatic N) is 4. The van der Waals surface area contributed by atoms with Crippen LogP contribution in [0, 0.1) is 0 Å². The lowest BCUT2D eigenvalue weighted by Gasteiger charge is -2.39. The number of hydrogen-bond donors (Lipinski definition) is 1. The van der Waals surface area contributed by atoms with E-state index in [4.69, 9.17) is 4.99 Å². The minimum absolute atomic E-state index is 0. The van der Waals surface area contributed by atoms with Crippen LogP contribution < -0.4 is 5.32 Å². The average molecular weight is 546 g/mol. The summed E-state index contributed by atoms with van der Waals surface area (Å²) in [5, 5.41) is 3.44. The van der Waals surface area contributed by atoms with E-state index in [0.717, 1.165) is 76.9 Å². The molecule has 3 rings (SSSR count). The number of carbonyl (C=O) groups is 1. The molecule has 0 radical (unpaired) electrons.